The minimum Gasteiger partial charge on any atom is -0.489 e. The average molecular weight is 384 g/mol. The van der Waals surface area contributed by atoms with Crippen LogP contribution in [0.15, 0.2) is 54.6 Å². The van der Waals surface area contributed by atoms with Crippen molar-refractivity contribution in [3.05, 3.63) is 65.7 Å². The molecule has 0 saturated heterocycles. The molecule has 2 aromatic carbocycles. The van der Waals surface area contributed by atoms with Crippen molar-refractivity contribution >= 4 is 5.97 Å². The molecule has 0 aliphatic rings. The van der Waals surface area contributed by atoms with Gasteiger partial charge in [-0.2, -0.15) is 0 Å². The molecular formula is C24H33NO3. The standard InChI is InChI=1S/C24H33NO3/c1-27-24(26)13-9-4-2-3-8-12-22(25)18-20-14-16-23(17-15-20)28-19-21-10-6-5-7-11-21/h5-7,10-11,14-17,22H,2-4,8-9,12-13,18-19,25H2,1H3. The van der Waals surface area contributed by atoms with E-state index in [2.05, 4.69) is 29.0 Å². The molecule has 1 atom stereocenters. The van der Waals surface area contributed by atoms with Gasteiger partial charge in [0.1, 0.15) is 12.4 Å². The van der Waals surface area contributed by atoms with Gasteiger partial charge in [0, 0.05) is 12.5 Å². The van der Waals surface area contributed by atoms with Crippen molar-refractivity contribution in [3.63, 3.8) is 0 Å². The molecule has 0 aliphatic heterocycles. The lowest BCUT2D eigenvalue weighted by molar-refractivity contribution is -0.140. The Balaban J connectivity index is 1.58. The van der Waals surface area contributed by atoms with Gasteiger partial charge in [-0.3, -0.25) is 4.79 Å². The largest absolute Gasteiger partial charge is 0.489 e. The number of rotatable bonds is 13. The molecule has 4 nitrogen and oxygen atoms in total. The molecule has 0 saturated carbocycles. The number of nitrogens with two attached hydrogens (primary N) is 1. The second-order valence-corrected chi connectivity index (χ2v) is 7.27. The lowest BCUT2D eigenvalue weighted by Crippen LogP contribution is -2.22. The molecule has 0 heterocycles. The first-order chi connectivity index (χ1) is 13.7. The van der Waals surface area contributed by atoms with Gasteiger partial charge in [0.25, 0.3) is 0 Å². The Kier molecular flexibility index (Phi) is 10.2. The highest BCUT2D eigenvalue weighted by Gasteiger charge is 2.05. The van der Waals surface area contributed by atoms with Crippen LogP contribution >= 0.6 is 0 Å². The van der Waals surface area contributed by atoms with Gasteiger partial charge in [-0.25, -0.2) is 0 Å². The summed E-state index contributed by atoms with van der Waals surface area (Å²) in [6.45, 7) is 0.583. The van der Waals surface area contributed by atoms with E-state index in [1.165, 1.54) is 24.7 Å². The quantitative estimate of drug-likeness (QED) is 0.389. The molecule has 0 bridgehead atoms. The van der Waals surface area contributed by atoms with Crippen molar-refractivity contribution in [1.82, 2.24) is 0 Å². The zero-order chi connectivity index (χ0) is 20.0. The highest BCUT2D eigenvalue weighted by atomic mass is 16.5. The summed E-state index contributed by atoms with van der Waals surface area (Å²) in [7, 11) is 1.44. The summed E-state index contributed by atoms with van der Waals surface area (Å²) in [6, 6.07) is 18.6. The van der Waals surface area contributed by atoms with Gasteiger partial charge in [0.05, 0.1) is 7.11 Å². The number of methoxy groups -OCH3 is 1. The van der Waals surface area contributed by atoms with Gasteiger partial charge in [0.2, 0.25) is 0 Å². The van der Waals surface area contributed by atoms with E-state index in [0.29, 0.717) is 13.0 Å². The zero-order valence-corrected chi connectivity index (χ0v) is 16.9. The number of hydrogen-bond donors (Lipinski definition) is 1. The SMILES string of the molecule is COC(=O)CCCCCCCC(N)Cc1ccc(OCc2ccccc2)cc1. The molecule has 0 fully saturated rings. The number of benzene rings is 2. The molecule has 0 aromatic heterocycles. The van der Waals surface area contributed by atoms with Gasteiger partial charge in [-0.15, -0.1) is 0 Å². The second-order valence-electron chi connectivity index (χ2n) is 7.27. The van der Waals surface area contributed by atoms with Crippen molar-refractivity contribution in [2.45, 2.75) is 64.0 Å². The minimum atomic E-state index is -0.112. The van der Waals surface area contributed by atoms with E-state index >= 15 is 0 Å². The molecule has 28 heavy (non-hydrogen) atoms. The maximum Gasteiger partial charge on any atom is 0.305 e. The molecule has 0 spiro atoms. The average Bonchev–Trinajstić information content (AvgIpc) is 2.73. The number of carbonyl (C=O) groups is 1. The van der Waals surface area contributed by atoms with Crippen molar-refractivity contribution in [2.24, 2.45) is 5.73 Å². The lowest BCUT2D eigenvalue weighted by atomic mass is 10.0. The number of hydrogen-bond acceptors (Lipinski definition) is 4. The topological polar surface area (TPSA) is 61.5 Å². The molecule has 0 amide bonds. The fraction of sp³-hybridized carbons (Fsp3) is 0.458. The summed E-state index contributed by atoms with van der Waals surface area (Å²) in [4.78, 5) is 11.0. The Hall–Kier alpha value is -2.33. The summed E-state index contributed by atoms with van der Waals surface area (Å²) in [6.07, 6.45) is 7.90. The molecule has 1 unspecified atom stereocenters. The van der Waals surface area contributed by atoms with Crippen LogP contribution in [0.5, 0.6) is 5.75 Å². The number of ether oxygens (including phenoxy) is 2. The monoisotopic (exact) mass is 383 g/mol. The van der Waals surface area contributed by atoms with Crippen LogP contribution < -0.4 is 10.5 Å². The Morgan fingerprint density at radius 2 is 1.57 bits per heavy atom. The molecule has 0 radical (unpaired) electrons. The highest BCUT2D eigenvalue weighted by molar-refractivity contribution is 5.68. The van der Waals surface area contributed by atoms with Gasteiger partial charge in [-0.05, 0) is 42.5 Å². The van der Waals surface area contributed by atoms with Crippen molar-refractivity contribution in [3.8, 4) is 5.75 Å². The van der Waals surface area contributed by atoms with Crippen LogP contribution in [0.4, 0.5) is 0 Å². The first kappa shape index (κ1) is 22.0. The first-order valence-corrected chi connectivity index (χ1v) is 10.3. The number of esters is 1. The molecule has 4 heteroatoms. The fourth-order valence-corrected chi connectivity index (χ4v) is 3.18. The van der Waals surface area contributed by atoms with Crippen LogP contribution in [-0.2, 0) is 22.6 Å². The Labute approximate surface area is 169 Å². The third kappa shape index (κ3) is 9.05. The van der Waals surface area contributed by atoms with E-state index in [1.54, 1.807) is 0 Å². The summed E-state index contributed by atoms with van der Waals surface area (Å²) in [5, 5.41) is 0. The Morgan fingerprint density at radius 3 is 2.29 bits per heavy atom. The van der Waals surface area contributed by atoms with E-state index < -0.39 is 0 Å². The van der Waals surface area contributed by atoms with Crippen LogP contribution in [0.2, 0.25) is 0 Å². The number of unbranched alkanes of at least 4 members (excludes halogenated alkanes) is 4. The minimum absolute atomic E-state index is 0.112. The molecule has 152 valence electrons. The second kappa shape index (κ2) is 12.9. The predicted molar refractivity (Wildman–Crippen MR) is 113 cm³/mol. The lowest BCUT2D eigenvalue weighted by Gasteiger charge is -2.12. The van der Waals surface area contributed by atoms with Crippen LogP contribution in [-0.4, -0.2) is 19.1 Å². The fourth-order valence-electron chi connectivity index (χ4n) is 3.18. The maximum absolute atomic E-state index is 11.0. The molecule has 2 N–H and O–H groups in total. The van der Waals surface area contributed by atoms with Crippen LogP contribution in [0.25, 0.3) is 0 Å². The van der Waals surface area contributed by atoms with Crippen molar-refractivity contribution in [2.75, 3.05) is 7.11 Å². The van der Waals surface area contributed by atoms with E-state index in [4.69, 9.17) is 10.5 Å². The molecule has 0 aliphatic carbocycles. The van der Waals surface area contributed by atoms with Crippen LogP contribution in [0.1, 0.15) is 56.1 Å². The van der Waals surface area contributed by atoms with Crippen molar-refractivity contribution in [1.29, 1.82) is 0 Å². The van der Waals surface area contributed by atoms with Gasteiger partial charge in [0.15, 0.2) is 0 Å². The van der Waals surface area contributed by atoms with E-state index in [1.807, 2.05) is 30.3 Å². The smallest absolute Gasteiger partial charge is 0.305 e. The maximum atomic E-state index is 11.0. The molecule has 2 rings (SSSR count). The molecular weight excluding hydrogens is 350 g/mol. The summed E-state index contributed by atoms with van der Waals surface area (Å²) >= 11 is 0. The summed E-state index contributed by atoms with van der Waals surface area (Å²) in [5.41, 5.74) is 8.70. The third-order valence-electron chi connectivity index (χ3n) is 4.85. The van der Waals surface area contributed by atoms with Crippen LogP contribution in [0, 0.1) is 0 Å². The third-order valence-corrected chi connectivity index (χ3v) is 4.85. The molecule has 2 aromatic rings. The Morgan fingerprint density at radius 1 is 0.893 bits per heavy atom. The number of carbonyl (C=O) groups excluding carboxylic acids is 1. The van der Waals surface area contributed by atoms with Crippen molar-refractivity contribution < 1.29 is 14.3 Å². The summed E-state index contributed by atoms with van der Waals surface area (Å²) < 4.78 is 10.5. The summed E-state index contributed by atoms with van der Waals surface area (Å²) in [5.74, 6) is 0.770. The van der Waals surface area contributed by atoms with Gasteiger partial charge < -0.3 is 15.2 Å². The van der Waals surface area contributed by atoms with E-state index in [9.17, 15) is 4.79 Å². The normalized spacial score (nSPS) is 11.8. The van der Waals surface area contributed by atoms with E-state index in [-0.39, 0.29) is 12.0 Å². The predicted octanol–water partition coefficient (Wildman–Crippen LogP) is 5.04. The van der Waals surface area contributed by atoms with Crippen LogP contribution in [0.3, 0.4) is 0 Å². The Bertz CT molecular complexity index is 670. The van der Waals surface area contributed by atoms with Gasteiger partial charge >= 0.3 is 5.97 Å². The van der Waals surface area contributed by atoms with E-state index in [0.717, 1.165) is 44.3 Å². The highest BCUT2D eigenvalue weighted by Crippen LogP contribution is 2.16. The first-order valence-electron chi connectivity index (χ1n) is 10.3. The van der Waals surface area contributed by atoms with Gasteiger partial charge in [-0.1, -0.05) is 68.1 Å². The zero-order valence-electron chi connectivity index (χ0n) is 16.9.